The second-order valence-corrected chi connectivity index (χ2v) is 3.49. The highest BCUT2D eigenvalue weighted by molar-refractivity contribution is 5.75. The Hall–Kier alpha value is -1.70. The van der Waals surface area contributed by atoms with Crippen molar-refractivity contribution in [2.75, 3.05) is 0 Å². The molecule has 0 aliphatic heterocycles. The van der Waals surface area contributed by atoms with E-state index in [4.69, 9.17) is 0 Å². The van der Waals surface area contributed by atoms with Gasteiger partial charge in [-0.3, -0.25) is 4.98 Å². The summed E-state index contributed by atoms with van der Waals surface area (Å²) in [6.45, 7) is 9.11. The van der Waals surface area contributed by atoms with Crippen molar-refractivity contribution >= 4 is 18.4 Å². The van der Waals surface area contributed by atoms with Gasteiger partial charge in [-0.2, -0.15) is 0 Å². The molecule has 0 amide bonds. The lowest BCUT2D eigenvalue weighted by molar-refractivity contribution is -0.116. The summed E-state index contributed by atoms with van der Waals surface area (Å²) >= 11 is 0. The monoisotopic (exact) mass is 201 g/mol. The molecule has 0 N–H and O–H groups in total. The summed E-state index contributed by atoms with van der Waals surface area (Å²) in [6.07, 6.45) is 6.58. The quantitative estimate of drug-likeness (QED) is 0.727. The smallest absolute Gasteiger partial charge is 0.130 e. The Kier molecular flexibility index (Phi) is 3.98. The first-order valence-electron chi connectivity index (χ1n) is 4.89. The summed E-state index contributed by atoms with van der Waals surface area (Å²) in [6, 6.07) is 1.96. The van der Waals surface area contributed by atoms with E-state index in [1.165, 1.54) is 0 Å². The first-order chi connectivity index (χ1) is 7.13. The molecule has 1 rings (SSSR count). The van der Waals surface area contributed by atoms with E-state index in [1.54, 1.807) is 19.2 Å². The van der Waals surface area contributed by atoms with Crippen LogP contribution >= 0.6 is 0 Å². The van der Waals surface area contributed by atoms with Gasteiger partial charge in [0.05, 0.1) is 5.35 Å². The summed E-state index contributed by atoms with van der Waals surface area (Å²) in [4.78, 5) is 15.1. The number of pyridine rings is 1. The lowest BCUT2D eigenvalue weighted by Gasteiger charge is -1.98. The largest absolute Gasteiger partial charge is 0.300 e. The SMILES string of the molecule is C=C/C=c1/ncc(CCC(C)=O)cc1=C. The maximum absolute atomic E-state index is 10.8. The van der Waals surface area contributed by atoms with Gasteiger partial charge in [0.1, 0.15) is 5.78 Å². The third-order valence-electron chi connectivity index (χ3n) is 2.10. The van der Waals surface area contributed by atoms with Gasteiger partial charge >= 0.3 is 0 Å². The Morgan fingerprint density at radius 2 is 2.33 bits per heavy atom. The van der Waals surface area contributed by atoms with E-state index in [0.29, 0.717) is 6.42 Å². The maximum Gasteiger partial charge on any atom is 0.130 e. The fraction of sp³-hybridized carbons (Fsp3) is 0.231. The van der Waals surface area contributed by atoms with Gasteiger partial charge in [0.2, 0.25) is 0 Å². The van der Waals surface area contributed by atoms with E-state index in [0.717, 1.165) is 22.6 Å². The fourth-order valence-corrected chi connectivity index (χ4v) is 1.29. The van der Waals surface area contributed by atoms with Crippen molar-refractivity contribution < 1.29 is 4.79 Å². The topological polar surface area (TPSA) is 30.0 Å². The molecule has 0 aromatic carbocycles. The minimum Gasteiger partial charge on any atom is -0.300 e. The van der Waals surface area contributed by atoms with Crippen LogP contribution in [0.2, 0.25) is 0 Å². The molecule has 2 heteroatoms. The normalized spacial score (nSPS) is 11.4. The van der Waals surface area contributed by atoms with Crippen LogP contribution in [0, 0.1) is 0 Å². The molecule has 0 atom stereocenters. The summed E-state index contributed by atoms with van der Waals surface area (Å²) in [5.74, 6) is 0.197. The summed E-state index contributed by atoms with van der Waals surface area (Å²) in [5.41, 5.74) is 1.05. The fourth-order valence-electron chi connectivity index (χ4n) is 1.29. The van der Waals surface area contributed by atoms with Crippen molar-refractivity contribution in [2.45, 2.75) is 19.8 Å². The average Bonchev–Trinajstić information content (AvgIpc) is 2.19. The van der Waals surface area contributed by atoms with Gasteiger partial charge in [-0.05, 0) is 36.3 Å². The number of carbonyl (C=O) groups excluding carboxylic acids is 1. The molecule has 1 heterocycles. The van der Waals surface area contributed by atoms with E-state index in [9.17, 15) is 4.79 Å². The van der Waals surface area contributed by atoms with Gasteiger partial charge in [0.15, 0.2) is 0 Å². The Morgan fingerprint density at radius 1 is 1.60 bits per heavy atom. The second-order valence-electron chi connectivity index (χ2n) is 3.49. The third kappa shape index (κ3) is 3.50. The number of carbonyl (C=O) groups is 1. The Bertz CT molecular complexity index is 474. The van der Waals surface area contributed by atoms with E-state index in [2.05, 4.69) is 18.1 Å². The van der Waals surface area contributed by atoms with Crippen molar-refractivity contribution in [3.63, 3.8) is 0 Å². The van der Waals surface area contributed by atoms with E-state index < -0.39 is 0 Å². The number of ketones is 1. The van der Waals surface area contributed by atoms with Crippen LogP contribution in [0.4, 0.5) is 0 Å². The Balaban J connectivity index is 2.92. The highest BCUT2D eigenvalue weighted by atomic mass is 16.1. The van der Waals surface area contributed by atoms with E-state index >= 15 is 0 Å². The number of hydrogen-bond donors (Lipinski definition) is 0. The molecule has 15 heavy (non-hydrogen) atoms. The third-order valence-corrected chi connectivity index (χ3v) is 2.10. The second kappa shape index (κ2) is 5.25. The molecule has 0 unspecified atom stereocenters. The Morgan fingerprint density at radius 3 is 2.87 bits per heavy atom. The van der Waals surface area contributed by atoms with Crippen LogP contribution in [0.3, 0.4) is 0 Å². The molecule has 1 aromatic heterocycles. The highest BCUT2D eigenvalue weighted by Crippen LogP contribution is 1.97. The average molecular weight is 201 g/mol. The van der Waals surface area contributed by atoms with Crippen molar-refractivity contribution in [1.82, 2.24) is 4.98 Å². The number of nitrogens with zero attached hydrogens (tertiary/aromatic N) is 1. The molecule has 1 aromatic rings. The zero-order chi connectivity index (χ0) is 11.3. The van der Waals surface area contributed by atoms with Gasteiger partial charge < -0.3 is 4.79 Å². The van der Waals surface area contributed by atoms with Gasteiger partial charge in [0, 0.05) is 12.6 Å². The standard InChI is InChI=1S/C13H15NO/c1-4-5-13-10(2)8-12(9-14-13)7-6-11(3)15/h4-5,8-9H,1-2,6-7H2,3H3/b13-5+. The molecule has 0 saturated carbocycles. The van der Waals surface area contributed by atoms with Crippen molar-refractivity contribution in [3.8, 4) is 0 Å². The molecule has 0 saturated heterocycles. The Labute approximate surface area is 89.7 Å². The van der Waals surface area contributed by atoms with Crippen LogP contribution in [0.5, 0.6) is 0 Å². The summed E-state index contributed by atoms with van der Waals surface area (Å²) in [5, 5.41) is 1.70. The molecule has 0 fully saturated rings. The van der Waals surface area contributed by atoms with Crippen LogP contribution in [0.15, 0.2) is 24.9 Å². The van der Waals surface area contributed by atoms with Gasteiger partial charge in [-0.15, -0.1) is 0 Å². The minimum absolute atomic E-state index is 0.197. The lowest BCUT2D eigenvalue weighted by atomic mass is 10.1. The van der Waals surface area contributed by atoms with Crippen molar-refractivity contribution in [2.24, 2.45) is 0 Å². The lowest BCUT2D eigenvalue weighted by Crippen LogP contribution is -2.26. The van der Waals surface area contributed by atoms with Gasteiger partial charge in [0.25, 0.3) is 0 Å². The predicted octanol–water partition coefficient (Wildman–Crippen LogP) is 0.980. The minimum atomic E-state index is 0.197. The van der Waals surface area contributed by atoms with Crippen molar-refractivity contribution in [3.05, 3.63) is 41.0 Å². The number of aryl methyl sites for hydroxylation is 1. The highest BCUT2D eigenvalue weighted by Gasteiger charge is 1.96. The van der Waals surface area contributed by atoms with Crippen LogP contribution in [0.25, 0.3) is 12.7 Å². The molecule has 0 spiro atoms. The molecule has 0 aliphatic carbocycles. The molecule has 0 bridgehead atoms. The number of hydrogen-bond acceptors (Lipinski definition) is 2. The van der Waals surface area contributed by atoms with E-state index in [1.807, 2.05) is 12.1 Å². The predicted molar refractivity (Wildman–Crippen MR) is 62.7 cm³/mol. The van der Waals surface area contributed by atoms with Crippen LogP contribution < -0.4 is 10.6 Å². The number of aromatic nitrogens is 1. The van der Waals surface area contributed by atoms with E-state index in [-0.39, 0.29) is 5.78 Å². The number of Topliss-reactive ketones (excluding diaryl/α,β-unsaturated/α-hetero) is 1. The first kappa shape index (κ1) is 11.4. The molecule has 2 nitrogen and oxygen atoms in total. The summed E-state index contributed by atoms with van der Waals surface area (Å²) in [7, 11) is 0. The molecule has 0 radical (unpaired) electrons. The van der Waals surface area contributed by atoms with Crippen LogP contribution in [0.1, 0.15) is 18.9 Å². The first-order valence-corrected chi connectivity index (χ1v) is 4.89. The van der Waals surface area contributed by atoms with Crippen LogP contribution in [-0.4, -0.2) is 10.8 Å². The van der Waals surface area contributed by atoms with Gasteiger partial charge in [-0.25, -0.2) is 0 Å². The molecule has 0 aliphatic rings. The molecular formula is C13H15NO. The van der Waals surface area contributed by atoms with Crippen molar-refractivity contribution in [1.29, 1.82) is 0 Å². The van der Waals surface area contributed by atoms with Crippen LogP contribution in [-0.2, 0) is 11.2 Å². The zero-order valence-electron chi connectivity index (χ0n) is 8.99. The number of rotatable bonds is 4. The molecular weight excluding hydrogens is 186 g/mol. The van der Waals surface area contributed by atoms with Gasteiger partial charge in [-0.1, -0.05) is 19.2 Å². The molecule has 78 valence electrons. The number of allylic oxidation sites excluding steroid dienone is 1. The maximum atomic E-state index is 10.8. The zero-order valence-corrected chi connectivity index (χ0v) is 8.99. The summed E-state index contributed by atoms with van der Waals surface area (Å²) < 4.78 is 0.